The van der Waals surface area contributed by atoms with Gasteiger partial charge < -0.3 is 10.3 Å². The maximum atomic E-state index is 12.3. The third kappa shape index (κ3) is 2.83. The van der Waals surface area contributed by atoms with Gasteiger partial charge in [0.05, 0.1) is 17.3 Å². The fourth-order valence-corrected chi connectivity index (χ4v) is 2.05. The van der Waals surface area contributed by atoms with Gasteiger partial charge in [0.1, 0.15) is 5.82 Å². The summed E-state index contributed by atoms with van der Waals surface area (Å²) >= 11 is 0. The number of aryl methyl sites for hydroxylation is 2. The molecule has 1 atom stereocenters. The number of aromatic amines is 1. The van der Waals surface area contributed by atoms with Gasteiger partial charge in [0, 0.05) is 25.6 Å². The van der Waals surface area contributed by atoms with Gasteiger partial charge in [-0.3, -0.25) is 9.48 Å². The molecular formula is C13H19N5O. The van der Waals surface area contributed by atoms with Crippen molar-refractivity contribution in [2.75, 3.05) is 0 Å². The average molecular weight is 261 g/mol. The fraction of sp³-hybridized carbons (Fsp3) is 0.462. The summed E-state index contributed by atoms with van der Waals surface area (Å²) in [5, 5.41) is 7.27. The molecule has 1 unspecified atom stereocenters. The number of aromatic nitrogens is 4. The number of nitrogens with one attached hydrogen (secondary N) is 2. The Kier molecular flexibility index (Phi) is 3.99. The number of carbonyl (C=O) groups excluding carboxylic acids is 1. The van der Waals surface area contributed by atoms with E-state index in [0.717, 1.165) is 24.4 Å². The molecule has 2 rings (SSSR count). The first-order valence-electron chi connectivity index (χ1n) is 6.48. The molecule has 19 heavy (non-hydrogen) atoms. The molecule has 6 heteroatoms. The molecule has 0 spiro atoms. The molecule has 6 nitrogen and oxygen atoms in total. The van der Waals surface area contributed by atoms with Crippen LogP contribution in [0.3, 0.4) is 0 Å². The molecule has 1 amide bonds. The van der Waals surface area contributed by atoms with Gasteiger partial charge in [-0.25, -0.2) is 4.98 Å². The molecule has 0 bridgehead atoms. The smallest absolute Gasteiger partial charge is 0.255 e. The van der Waals surface area contributed by atoms with Crippen molar-refractivity contribution in [2.24, 2.45) is 7.05 Å². The summed E-state index contributed by atoms with van der Waals surface area (Å²) in [6, 6.07) is -0.104. The van der Waals surface area contributed by atoms with E-state index in [-0.39, 0.29) is 11.9 Å². The van der Waals surface area contributed by atoms with Crippen molar-refractivity contribution in [3.05, 3.63) is 35.7 Å². The van der Waals surface area contributed by atoms with Crippen LogP contribution in [0.25, 0.3) is 0 Å². The molecule has 0 aliphatic rings. The Bertz CT molecular complexity index is 543. The summed E-state index contributed by atoms with van der Waals surface area (Å²) in [6.07, 6.45) is 6.71. The molecule has 0 aliphatic heterocycles. The zero-order chi connectivity index (χ0) is 13.8. The Labute approximate surface area is 112 Å². The lowest BCUT2D eigenvalue weighted by Gasteiger charge is -2.14. The molecule has 2 heterocycles. The van der Waals surface area contributed by atoms with Crippen LogP contribution in [0.5, 0.6) is 0 Å². The number of hydrogen-bond acceptors (Lipinski definition) is 3. The maximum absolute atomic E-state index is 12.3. The molecule has 102 valence electrons. The third-order valence-corrected chi connectivity index (χ3v) is 3.05. The lowest BCUT2D eigenvalue weighted by molar-refractivity contribution is 0.0933. The highest BCUT2D eigenvalue weighted by Crippen LogP contribution is 2.14. The van der Waals surface area contributed by atoms with Crippen molar-refractivity contribution in [1.82, 2.24) is 25.1 Å². The molecule has 0 radical (unpaired) electrons. The summed E-state index contributed by atoms with van der Waals surface area (Å²) < 4.78 is 1.67. The predicted molar refractivity (Wildman–Crippen MR) is 71.7 cm³/mol. The van der Waals surface area contributed by atoms with Crippen LogP contribution in [-0.2, 0) is 13.5 Å². The van der Waals surface area contributed by atoms with E-state index in [1.165, 1.54) is 0 Å². The van der Waals surface area contributed by atoms with Crippen LogP contribution in [0.15, 0.2) is 18.6 Å². The second-order valence-electron chi connectivity index (χ2n) is 4.43. The number of nitrogens with zero attached hydrogens (tertiary/aromatic N) is 3. The molecule has 0 saturated heterocycles. The SMILES string of the molecule is CCc1nn(C)cc1C(=O)NC(CC)c1ncc[nH]1. The highest BCUT2D eigenvalue weighted by atomic mass is 16.1. The number of H-pyrrole nitrogens is 1. The number of amides is 1. The van der Waals surface area contributed by atoms with E-state index in [1.807, 2.05) is 20.9 Å². The zero-order valence-corrected chi connectivity index (χ0v) is 11.5. The van der Waals surface area contributed by atoms with Gasteiger partial charge in [-0.2, -0.15) is 5.10 Å². The molecule has 2 aromatic heterocycles. The van der Waals surface area contributed by atoms with E-state index in [2.05, 4.69) is 20.4 Å². The van der Waals surface area contributed by atoms with E-state index < -0.39 is 0 Å². The first-order valence-corrected chi connectivity index (χ1v) is 6.48. The van der Waals surface area contributed by atoms with Crippen molar-refractivity contribution in [3.8, 4) is 0 Å². The number of carbonyl (C=O) groups is 1. The Hall–Kier alpha value is -2.11. The second kappa shape index (κ2) is 5.69. The molecule has 0 fully saturated rings. The van der Waals surface area contributed by atoms with Crippen LogP contribution in [0, 0.1) is 0 Å². The molecule has 0 saturated carbocycles. The van der Waals surface area contributed by atoms with Crippen molar-refractivity contribution in [2.45, 2.75) is 32.7 Å². The molecule has 0 aromatic carbocycles. The van der Waals surface area contributed by atoms with Gasteiger partial charge >= 0.3 is 0 Å². The minimum atomic E-state index is -0.104. The largest absolute Gasteiger partial charge is 0.347 e. The lowest BCUT2D eigenvalue weighted by atomic mass is 10.1. The summed E-state index contributed by atoms with van der Waals surface area (Å²) in [5.74, 6) is 0.672. The molecule has 2 N–H and O–H groups in total. The van der Waals surface area contributed by atoms with Gasteiger partial charge in [-0.05, 0) is 12.8 Å². The topological polar surface area (TPSA) is 75.6 Å². The molecular weight excluding hydrogens is 242 g/mol. The molecule has 0 aliphatic carbocycles. The van der Waals surface area contributed by atoms with Crippen LogP contribution >= 0.6 is 0 Å². The van der Waals surface area contributed by atoms with Crippen LogP contribution in [0.1, 0.15) is 48.2 Å². The lowest BCUT2D eigenvalue weighted by Crippen LogP contribution is -2.29. The van der Waals surface area contributed by atoms with Crippen molar-refractivity contribution in [1.29, 1.82) is 0 Å². The van der Waals surface area contributed by atoms with Gasteiger partial charge in [0.2, 0.25) is 0 Å². The highest BCUT2D eigenvalue weighted by Gasteiger charge is 2.19. The maximum Gasteiger partial charge on any atom is 0.255 e. The van der Waals surface area contributed by atoms with Gasteiger partial charge in [0.25, 0.3) is 5.91 Å². The molecule has 2 aromatic rings. The number of rotatable bonds is 5. The van der Waals surface area contributed by atoms with E-state index in [9.17, 15) is 4.79 Å². The quantitative estimate of drug-likeness (QED) is 0.858. The number of imidazole rings is 1. The summed E-state index contributed by atoms with van der Waals surface area (Å²) in [4.78, 5) is 19.5. The minimum Gasteiger partial charge on any atom is -0.347 e. The average Bonchev–Trinajstić information content (AvgIpc) is 3.04. The van der Waals surface area contributed by atoms with Gasteiger partial charge in [0.15, 0.2) is 0 Å². The fourth-order valence-electron chi connectivity index (χ4n) is 2.05. The standard InChI is InChI=1S/C13H19N5O/c1-4-10-9(8-18(3)17-10)13(19)16-11(5-2)12-14-6-7-15-12/h6-8,11H,4-5H2,1-3H3,(H,14,15)(H,16,19). The number of hydrogen-bond donors (Lipinski definition) is 2. The zero-order valence-electron chi connectivity index (χ0n) is 11.5. The van der Waals surface area contributed by atoms with E-state index >= 15 is 0 Å². The van der Waals surface area contributed by atoms with Crippen molar-refractivity contribution >= 4 is 5.91 Å². The van der Waals surface area contributed by atoms with Gasteiger partial charge in [-0.15, -0.1) is 0 Å². The Morgan fingerprint density at radius 1 is 1.53 bits per heavy atom. The predicted octanol–water partition coefficient (Wildman–Crippen LogP) is 1.59. The van der Waals surface area contributed by atoms with E-state index in [4.69, 9.17) is 0 Å². The van der Waals surface area contributed by atoms with Crippen LogP contribution < -0.4 is 5.32 Å². The first kappa shape index (κ1) is 13.3. The second-order valence-corrected chi connectivity index (χ2v) is 4.43. The summed E-state index contributed by atoms with van der Waals surface area (Å²) in [6.45, 7) is 4.00. The van der Waals surface area contributed by atoms with Crippen LogP contribution in [-0.4, -0.2) is 25.7 Å². The third-order valence-electron chi connectivity index (χ3n) is 3.05. The Morgan fingerprint density at radius 2 is 2.32 bits per heavy atom. The van der Waals surface area contributed by atoms with Crippen LogP contribution in [0.2, 0.25) is 0 Å². The Morgan fingerprint density at radius 3 is 2.89 bits per heavy atom. The minimum absolute atomic E-state index is 0.104. The highest BCUT2D eigenvalue weighted by molar-refractivity contribution is 5.95. The Balaban J connectivity index is 2.15. The van der Waals surface area contributed by atoms with Crippen LogP contribution in [0.4, 0.5) is 0 Å². The van der Waals surface area contributed by atoms with E-state index in [0.29, 0.717) is 5.56 Å². The summed E-state index contributed by atoms with van der Waals surface area (Å²) in [7, 11) is 1.82. The van der Waals surface area contributed by atoms with Crippen molar-refractivity contribution in [3.63, 3.8) is 0 Å². The normalized spacial score (nSPS) is 12.4. The summed E-state index contributed by atoms with van der Waals surface area (Å²) in [5.41, 5.74) is 1.45. The first-order chi connectivity index (χ1) is 9.15. The monoisotopic (exact) mass is 261 g/mol. The van der Waals surface area contributed by atoms with E-state index in [1.54, 1.807) is 23.3 Å². The van der Waals surface area contributed by atoms with Gasteiger partial charge in [-0.1, -0.05) is 13.8 Å². The van der Waals surface area contributed by atoms with Crippen molar-refractivity contribution < 1.29 is 4.79 Å².